The van der Waals surface area contributed by atoms with Crippen LogP contribution in [0.4, 0.5) is 0 Å². The number of hydrogen-bond acceptors (Lipinski definition) is 4. The zero-order valence-corrected chi connectivity index (χ0v) is 17.3. The Morgan fingerprint density at radius 3 is 1.29 bits per heavy atom. The normalized spacial score (nSPS) is 20.1. The van der Waals surface area contributed by atoms with Gasteiger partial charge in [0.25, 0.3) is 0 Å². The second-order valence-corrected chi connectivity index (χ2v) is 8.06. The molecule has 0 saturated carbocycles. The summed E-state index contributed by atoms with van der Waals surface area (Å²) in [6.45, 7) is 11.7. The predicted octanol–water partition coefficient (Wildman–Crippen LogP) is 4.92. The first kappa shape index (κ1) is 19.3. The van der Waals surface area contributed by atoms with Crippen LogP contribution >= 0.6 is 0 Å². The second kappa shape index (κ2) is 8.14. The molecular weight excluding hydrogens is 352 g/mol. The lowest BCUT2D eigenvalue weighted by molar-refractivity contribution is 0.280. The molecule has 2 unspecified atom stereocenters. The smallest absolute Gasteiger partial charge is 0.125 e. The van der Waals surface area contributed by atoms with E-state index in [0.29, 0.717) is 25.4 Å². The highest BCUT2D eigenvalue weighted by molar-refractivity contribution is 5.70. The third-order valence-electron chi connectivity index (χ3n) is 5.43. The van der Waals surface area contributed by atoms with Gasteiger partial charge in [0.15, 0.2) is 0 Å². The van der Waals surface area contributed by atoms with E-state index >= 15 is 0 Å². The van der Waals surface area contributed by atoms with E-state index in [2.05, 4.69) is 52.0 Å². The molecule has 150 valence electrons. The first-order chi connectivity index (χ1) is 13.5. The van der Waals surface area contributed by atoms with Crippen LogP contribution in [0.15, 0.2) is 24.3 Å². The van der Waals surface area contributed by atoms with Crippen LogP contribution < -0.4 is 9.47 Å². The molecule has 0 N–H and O–H groups in total. The van der Waals surface area contributed by atoms with Gasteiger partial charge in [-0.3, -0.25) is 0 Å². The van der Waals surface area contributed by atoms with Crippen molar-refractivity contribution in [1.29, 1.82) is 0 Å². The minimum Gasteiger partial charge on any atom is -0.493 e. The van der Waals surface area contributed by atoms with Crippen LogP contribution in [0.25, 0.3) is 11.1 Å². The molecular formula is C24H30O4. The highest BCUT2D eigenvalue weighted by Crippen LogP contribution is 2.34. The topological polar surface area (TPSA) is 43.5 Å². The SMILES string of the molecule is Cc1cc(-c2cc(C)c(OCCC3CO3)c(C)c2)cc(C)c1OCCC1CO1. The van der Waals surface area contributed by atoms with E-state index in [1.165, 1.54) is 33.4 Å². The molecule has 4 nitrogen and oxygen atoms in total. The first-order valence-corrected chi connectivity index (χ1v) is 10.2. The van der Waals surface area contributed by atoms with Crippen LogP contribution in [-0.4, -0.2) is 38.6 Å². The lowest BCUT2D eigenvalue weighted by Gasteiger charge is -2.17. The van der Waals surface area contributed by atoms with Crippen LogP contribution in [0.2, 0.25) is 0 Å². The molecule has 4 rings (SSSR count). The number of aryl methyl sites for hydroxylation is 4. The number of hydrogen-bond donors (Lipinski definition) is 0. The van der Waals surface area contributed by atoms with Crippen molar-refractivity contribution in [2.75, 3.05) is 26.4 Å². The zero-order chi connectivity index (χ0) is 19.7. The standard InChI is InChI=1S/C24H30O4/c1-15-9-19(10-16(2)23(15)25-7-5-21-13-27-21)20-11-17(3)24(18(4)12-20)26-8-6-22-14-28-22/h9-12,21-22H,5-8,13-14H2,1-4H3. The van der Waals surface area contributed by atoms with Gasteiger partial charge in [0.1, 0.15) is 11.5 Å². The number of ether oxygens (including phenoxy) is 4. The molecule has 2 aromatic rings. The highest BCUT2D eigenvalue weighted by Gasteiger charge is 2.23. The molecule has 2 saturated heterocycles. The van der Waals surface area contributed by atoms with Crippen molar-refractivity contribution < 1.29 is 18.9 Å². The van der Waals surface area contributed by atoms with Gasteiger partial charge in [-0.05, 0) is 85.3 Å². The minimum atomic E-state index is 0.406. The quantitative estimate of drug-likeness (QED) is 0.577. The molecule has 2 aliphatic rings. The van der Waals surface area contributed by atoms with Crippen molar-refractivity contribution in [2.24, 2.45) is 0 Å². The molecule has 0 aromatic heterocycles. The van der Waals surface area contributed by atoms with E-state index in [1.54, 1.807) is 0 Å². The lowest BCUT2D eigenvalue weighted by atomic mass is 9.96. The van der Waals surface area contributed by atoms with Crippen LogP contribution in [0.3, 0.4) is 0 Å². The van der Waals surface area contributed by atoms with Crippen molar-refractivity contribution in [3.63, 3.8) is 0 Å². The summed E-state index contributed by atoms with van der Waals surface area (Å²) >= 11 is 0. The first-order valence-electron chi connectivity index (χ1n) is 10.2. The molecule has 0 amide bonds. The zero-order valence-electron chi connectivity index (χ0n) is 17.3. The van der Waals surface area contributed by atoms with E-state index in [9.17, 15) is 0 Å². The Bertz CT molecular complexity index is 732. The molecule has 0 bridgehead atoms. The van der Waals surface area contributed by atoms with Crippen LogP contribution in [-0.2, 0) is 9.47 Å². The molecule has 4 heteroatoms. The molecule has 2 heterocycles. The Morgan fingerprint density at radius 1 is 0.679 bits per heavy atom. The van der Waals surface area contributed by atoms with Crippen molar-refractivity contribution in [3.8, 4) is 22.6 Å². The maximum absolute atomic E-state index is 6.03. The van der Waals surface area contributed by atoms with Crippen LogP contribution in [0, 0.1) is 27.7 Å². The van der Waals surface area contributed by atoms with Gasteiger partial charge < -0.3 is 18.9 Å². The van der Waals surface area contributed by atoms with Crippen LogP contribution in [0.5, 0.6) is 11.5 Å². The fraction of sp³-hybridized carbons (Fsp3) is 0.500. The van der Waals surface area contributed by atoms with Crippen molar-refractivity contribution >= 4 is 0 Å². The van der Waals surface area contributed by atoms with Gasteiger partial charge in [-0.25, -0.2) is 0 Å². The summed E-state index contributed by atoms with van der Waals surface area (Å²) in [7, 11) is 0. The van der Waals surface area contributed by atoms with Gasteiger partial charge in [-0.15, -0.1) is 0 Å². The molecule has 0 aliphatic carbocycles. The number of benzene rings is 2. The highest BCUT2D eigenvalue weighted by atomic mass is 16.6. The summed E-state index contributed by atoms with van der Waals surface area (Å²) in [6.07, 6.45) is 2.74. The second-order valence-electron chi connectivity index (χ2n) is 8.06. The number of epoxide rings is 2. The van der Waals surface area contributed by atoms with Crippen molar-refractivity contribution in [3.05, 3.63) is 46.5 Å². The fourth-order valence-corrected chi connectivity index (χ4v) is 3.74. The fourth-order valence-electron chi connectivity index (χ4n) is 3.74. The predicted molar refractivity (Wildman–Crippen MR) is 111 cm³/mol. The van der Waals surface area contributed by atoms with Gasteiger partial charge >= 0.3 is 0 Å². The minimum absolute atomic E-state index is 0.406. The summed E-state index contributed by atoms with van der Waals surface area (Å²) in [5, 5.41) is 0. The maximum Gasteiger partial charge on any atom is 0.125 e. The van der Waals surface area contributed by atoms with Crippen molar-refractivity contribution in [1.82, 2.24) is 0 Å². The Kier molecular flexibility index (Phi) is 5.61. The van der Waals surface area contributed by atoms with E-state index < -0.39 is 0 Å². The molecule has 28 heavy (non-hydrogen) atoms. The molecule has 0 spiro atoms. The number of rotatable bonds is 9. The summed E-state index contributed by atoms with van der Waals surface area (Å²) in [5.74, 6) is 2.00. The largest absolute Gasteiger partial charge is 0.493 e. The van der Waals surface area contributed by atoms with Gasteiger partial charge in [-0.2, -0.15) is 0 Å². The Balaban J connectivity index is 1.49. The summed E-state index contributed by atoms with van der Waals surface area (Å²) in [5.41, 5.74) is 7.13. The molecule has 2 atom stereocenters. The monoisotopic (exact) mass is 382 g/mol. The van der Waals surface area contributed by atoms with E-state index in [0.717, 1.165) is 37.6 Å². The van der Waals surface area contributed by atoms with Gasteiger partial charge in [-0.1, -0.05) is 0 Å². The molecule has 2 aliphatic heterocycles. The molecule has 2 aromatic carbocycles. The summed E-state index contributed by atoms with van der Waals surface area (Å²) < 4.78 is 22.6. The lowest BCUT2D eigenvalue weighted by Crippen LogP contribution is -2.04. The summed E-state index contributed by atoms with van der Waals surface area (Å²) in [6, 6.07) is 8.87. The Labute approximate surface area is 167 Å². The van der Waals surface area contributed by atoms with E-state index in [4.69, 9.17) is 18.9 Å². The van der Waals surface area contributed by atoms with Crippen molar-refractivity contribution in [2.45, 2.75) is 52.7 Å². The third-order valence-corrected chi connectivity index (χ3v) is 5.43. The molecule has 2 fully saturated rings. The summed E-state index contributed by atoms with van der Waals surface area (Å²) in [4.78, 5) is 0. The Morgan fingerprint density at radius 2 is 1.00 bits per heavy atom. The Hall–Kier alpha value is -2.04. The molecule has 0 radical (unpaired) electrons. The third kappa shape index (κ3) is 4.68. The average Bonchev–Trinajstić information content (AvgIpc) is 3.54. The van der Waals surface area contributed by atoms with Gasteiger partial charge in [0.2, 0.25) is 0 Å². The van der Waals surface area contributed by atoms with Gasteiger partial charge in [0.05, 0.1) is 38.6 Å². The maximum atomic E-state index is 6.03. The van der Waals surface area contributed by atoms with Gasteiger partial charge in [0, 0.05) is 12.8 Å². The van der Waals surface area contributed by atoms with Crippen LogP contribution in [0.1, 0.15) is 35.1 Å². The average molecular weight is 383 g/mol. The van der Waals surface area contributed by atoms with E-state index in [-0.39, 0.29) is 0 Å². The van der Waals surface area contributed by atoms with E-state index in [1.807, 2.05) is 0 Å².